The molecule has 18 heavy (non-hydrogen) atoms. The summed E-state index contributed by atoms with van der Waals surface area (Å²) in [6.45, 7) is 2.23. The van der Waals surface area contributed by atoms with Gasteiger partial charge in [-0.05, 0) is 41.1 Å². The number of benzene rings is 1. The number of aliphatic carboxylic acids is 1. The predicted molar refractivity (Wildman–Crippen MR) is 67.9 cm³/mol. The van der Waals surface area contributed by atoms with E-state index >= 15 is 0 Å². The number of hydrogen-bond acceptors (Lipinski definition) is 4. The molecule has 7 heteroatoms. The van der Waals surface area contributed by atoms with Crippen molar-refractivity contribution in [3.8, 4) is 11.4 Å². The minimum Gasteiger partial charge on any atom is -0.481 e. The number of hydrogen-bond donors (Lipinski definition) is 1. The maximum atomic E-state index is 10.6. The molecular formula is C11H11BrN4O2. The molecular weight excluding hydrogens is 300 g/mol. The normalized spacial score (nSPS) is 10.6. The maximum Gasteiger partial charge on any atom is 0.305 e. The third-order valence-corrected chi connectivity index (χ3v) is 2.83. The summed E-state index contributed by atoms with van der Waals surface area (Å²) in [7, 11) is 0. The monoisotopic (exact) mass is 310 g/mol. The van der Waals surface area contributed by atoms with Gasteiger partial charge in [0.1, 0.15) is 0 Å². The molecule has 0 aliphatic heterocycles. The summed E-state index contributed by atoms with van der Waals surface area (Å²) in [6.07, 6.45) is -0.00890. The molecule has 0 atom stereocenters. The van der Waals surface area contributed by atoms with Crippen LogP contribution in [-0.2, 0) is 11.3 Å². The highest BCUT2D eigenvalue weighted by molar-refractivity contribution is 9.10. The Balaban J connectivity index is 2.33. The van der Waals surface area contributed by atoms with E-state index in [1.165, 1.54) is 4.68 Å². The van der Waals surface area contributed by atoms with Crippen LogP contribution in [0.1, 0.15) is 12.0 Å². The number of aryl methyl sites for hydroxylation is 2. The smallest absolute Gasteiger partial charge is 0.305 e. The molecule has 2 aromatic rings. The van der Waals surface area contributed by atoms with Gasteiger partial charge < -0.3 is 5.11 Å². The van der Waals surface area contributed by atoms with Crippen LogP contribution < -0.4 is 0 Å². The molecule has 0 radical (unpaired) electrons. The van der Waals surface area contributed by atoms with Crippen LogP contribution in [0, 0.1) is 6.92 Å². The highest BCUT2D eigenvalue weighted by Gasteiger charge is 2.11. The van der Waals surface area contributed by atoms with Crippen LogP contribution >= 0.6 is 15.9 Å². The summed E-state index contributed by atoms with van der Waals surface area (Å²) in [4.78, 5) is 10.6. The largest absolute Gasteiger partial charge is 0.481 e. The molecule has 1 N–H and O–H groups in total. The predicted octanol–water partition coefficient (Wildman–Crippen LogP) is 1.89. The van der Waals surface area contributed by atoms with Gasteiger partial charge in [-0.1, -0.05) is 15.9 Å². The Bertz CT molecular complexity index is 562. The summed E-state index contributed by atoms with van der Waals surface area (Å²) < 4.78 is 2.43. The Morgan fingerprint density at radius 2 is 2.22 bits per heavy atom. The lowest BCUT2D eigenvalue weighted by molar-refractivity contribution is -0.137. The van der Waals surface area contributed by atoms with E-state index in [2.05, 4.69) is 31.5 Å². The number of nitrogens with zero attached hydrogens (tertiary/aromatic N) is 4. The van der Waals surface area contributed by atoms with Crippen molar-refractivity contribution in [3.05, 3.63) is 28.2 Å². The van der Waals surface area contributed by atoms with Gasteiger partial charge >= 0.3 is 5.97 Å². The summed E-state index contributed by atoms with van der Waals surface area (Å²) in [6, 6.07) is 5.83. The second kappa shape index (κ2) is 5.26. The number of tetrazole rings is 1. The van der Waals surface area contributed by atoms with E-state index < -0.39 is 5.97 Å². The molecule has 0 bridgehead atoms. The molecule has 1 aromatic heterocycles. The van der Waals surface area contributed by atoms with Crippen LogP contribution in [0.3, 0.4) is 0 Å². The summed E-state index contributed by atoms with van der Waals surface area (Å²) in [5.74, 6) is -0.303. The van der Waals surface area contributed by atoms with Gasteiger partial charge in [0.25, 0.3) is 0 Å². The zero-order valence-electron chi connectivity index (χ0n) is 9.67. The van der Waals surface area contributed by atoms with E-state index in [0.29, 0.717) is 5.82 Å². The van der Waals surface area contributed by atoms with Crippen LogP contribution in [0.2, 0.25) is 0 Å². The molecule has 0 saturated carbocycles. The van der Waals surface area contributed by atoms with Gasteiger partial charge in [-0.3, -0.25) is 4.79 Å². The van der Waals surface area contributed by atoms with Crippen molar-refractivity contribution in [1.29, 1.82) is 0 Å². The van der Waals surface area contributed by atoms with Crippen molar-refractivity contribution in [2.24, 2.45) is 0 Å². The topological polar surface area (TPSA) is 80.9 Å². The molecule has 1 heterocycles. The van der Waals surface area contributed by atoms with E-state index in [0.717, 1.165) is 15.6 Å². The first kappa shape index (κ1) is 12.7. The number of carbonyl (C=O) groups is 1. The Labute approximate surface area is 112 Å². The molecule has 0 aliphatic carbocycles. The Hall–Kier alpha value is -1.76. The molecule has 0 unspecified atom stereocenters. The molecule has 1 aromatic carbocycles. The van der Waals surface area contributed by atoms with E-state index in [9.17, 15) is 4.79 Å². The fraction of sp³-hybridized carbons (Fsp3) is 0.273. The van der Waals surface area contributed by atoms with Gasteiger partial charge in [0, 0.05) is 10.0 Å². The van der Waals surface area contributed by atoms with Crippen LogP contribution in [0.25, 0.3) is 11.4 Å². The number of carboxylic acids is 1. The first-order valence-electron chi connectivity index (χ1n) is 5.32. The number of halogens is 1. The maximum absolute atomic E-state index is 10.6. The van der Waals surface area contributed by atoms with Gasteiger partial charge in [0.2, 0.25) is 0 Å². The fourth-order valence-corrected chi connectivity index (χ4v) is 2.24. The standard InChI is InChI=1S/C11H11BrN4O2/c1-7-4-8(6-9(12)5-7)11-13-14-15-16(11)3-2-10(17)18/h4-6H,2-3H2,1H3,(H,17,18). The quantitative estimate of drug-likeness (QED) is 0.932. The number of carboxylic acid groups (broad SMARTS) is 1. The molecule has 2 rings (SSSR count). The van der Waals surface area contributed by atoms with Crippen molar-refractivity contribution in [2.75, 3.05) is 0 Å². The molecule has 0 amide bonds. The summed E-state index contributed by atoms with van der Waals surface area (Å²) in [5, 5.41) is 20.0. The second-order valence-corrected chi connectivity index (χ2v) is 4.80. The summed E-state index contributed by atoms with van der Waals surface area (Å²) in [5.41, 5.74) is 1.93. The van der Waals surface area contributed by atoms with Crippen LogP contribution in [-0.4, -0.2) is 31.3 Å². The first-order chi connectivity index (χ1) is 8.56. The average molecular weight is 311 g/mol. The fourth-order valence-electron chi connectivity index (χ4n) is 1.63. The van der Waals surface area contributed by atoms with Gasteiger partial charge in [-0.25, -0.2) is 4.68 Å². The second-order valence-electron chi connectivity index (χ2n) is 3.89. The van der Waals surface area contributed by atoms with Gasteiger partial charge in [-0.15, -0.1) is 5.10 Å². The Kier molecular flexibility index (Phi) is 3.71. The minimum absolute atomic E-state index is 0.00890. The van der Waals surface area contributed by atoms with Crippen LogP contribution in [0.4, 0.5) is 0 Å². The van der Waals surface area contributed by atoms with Crippen molar-refractivity contribution in [2.45, 2.75) is 19.9 Å². The molecule has 6 nitrogen and oxygen atoms in total. The Morgan fingerprint density at radius 3 is 2.89 bits per heavy atom. The molecule has 0 saturated heterocycles. The van der Waals surface area contributed by atoms with Crippen molar-refractivity contribution in [1.82, 2.24) is 20.2 Å². The third kappa shape index (κ3) is 2.92. The SMILES string of the molecule is Cc1cc(Br)cc(-c2nnnn2CCC(=O)O)c1. The van der Waals surface area contributed by atoms with Crippen molar-refractivity contribution in [3.63, 3.8) is 0 Å². The van der Waals surface area contributed by atoms with E-state index in [4.69, 9.17) is 5.11 Å². The molecule has 94 valence electrons. The Morgan fingerprint density at radius 1 is 1.44 bits per heavy atom. The van der Waals surface area contributed by atoms with E-state index in [1.807, 2.05) is 25.1 Å². The molecule has 0 spiro atoms. The first-order valence-corrected chi connectivity index (χ1v) is 6.11. The average Bonchev–Trinajstić information content (AvgIpc) is 2.72. The highest BCUT2D eigenvalue weighted by Crippen LogP contribution is 2.22. The van der Waals surface area contributed by atoms with Crippen molar-refractivity contribution < 1.29 is 9.90 Å². The zero-order valence-corrected chi connectivity index (χ0v) is 11.3. The zero-order chi connectivity index (χ0) is 13.1. The molecule has 0 fully saturated rings. The van der Waals surface area contributed by atoms with Crippen LogP contribution in [0.15, 0.2) is 22.7 Å². The lowest BCUT2D eigenvalue weighted by Gasteiger charge is -2.04. The lowest BCUT2D eigenvalue weighted by atomic mass is 10.1. The summed E-state index contributed by atoms with van der Waals surface area (Å²) >= 11 is 3.41. The number of rotatable bonds is 4. The van der Waals surface area contributed by atoms with Crippen molar-refractivity contribution >= 4 is 21.9 Å². The van der Waals surface area contributed by atoms with E-state index in [-0.39, 0.29) is 13.0 Å². The van der Waals surface area contributed by atoms with E-state index in [1.54, 1.807) is 0 Å². The third-order valence-electron chi connectivity index (χ3n) is 2.37. The lowest BCUT2D eigenvalue weighted by Crippen LogP contribution is -2.07. The molecule has 0 aliphatic rings. The van der Waals surface area contributed by atoms with Gasteiger partial charge in [0.15, 0.2) is 5.82 Å². The number of aromatic nitrogens is 4. The minimum atomic E-state index is -0.873. The van der Waals surface area contributed by atoms with Gasteiger partial charge in [-0.2, -0.15) is 0 Å². The highest BCUT2D eigenvalue weighted by atomic mass is 79.9. The van der Waals surface area contributed by atoms with Gasteiger partial charge in [0.05, 0.1) is 13.0 Å². The van der Waals surface area contributed by atoms with Crippen LogP contribution in [0.5, 0.6) is 0 Å².